The zero-order chi connectivity index (χ0) is 12.8. The molecule has 0 bridgehead atoms. The number of urea groups is 1. The van der Waals surface area contributed by atoms with Gasteiger partial charge in [-0.2, -0.15) is 4.98 Å². The Labute approximate surface area is 103 Å². The molecule has 0 spiro atoms. The number of carbonyl (C=O) groups is 1. The molecule has 18 heavy (non-hydrogen) atoms. The number of anilines is 2. The Morgan fingerprint density at radius 2 is 2.33 bits per heavy atom. The van der Waals surface area contributed by atoms with E-state index in [1.807, 2.05) is 0 Å². The second kappa shape index (κ2) is 5.67. The van der Waals surface area contributed by atoms with E-state index in [1.165, 1.54) is 6.33 Å². The van der Waals surface area contributed by atoms with Crippen LogP contribution in [0, 0.1) is 0 Å². The molecule has 94 valence electrons. The molecule has 0 radical (unpaired) electrons. The summed E-state index contributed by atoms with van der Waals surface area (Å²) in [4.78, 5) is 15.4. The summed E-state index contributed by atoms with van der Waals surface area (Å²) in [7, 11) is 0. The number of hydrogen-bond acceptors (Lipinski definition) is 5. The van der Waals surface area contributed by atoms with Crippen LogP contribution in [0.5, 0.6) is 0 Å². The van der Waals surface area contributed by atoms with Crippen molar-refractivity contribution < 1.29 is 9.32 Å². The Balaban J connectivity index is 1.75. The van der Waals surface area contributed by atoms with Gasteiger partial charge in [0.25, 0.3) is 0 Å². The third-order valence-electron chi connectivity index (χ3n) is 2.18. The second-order valence-electron chi connectivity index (χ2n) is 3.59. The smallest absolute Gasteiger partial charge is 0.319 e. The molecule has 0 fully saturated rings. The molecular weight excluding hydrogens is 234 g/mol. The summed E-state index contributed by atoms with van der Waals surface area (Å²) in [6, 6.07) is 6.65. The average Bonchev–Trinajstić information content (AvgIpc) is 2.82. The minimum atomic E-state index is -0.305. The van der Waals surface area contributed by atoms with Crippen molar-refractivity contribution in [2.75, 3.05) is 17.6 Å². The first-order valence-electron chi connectivity index (χ1n) is 5.40. The van der Waals surface area contributed by atoms with Crippen molar-refractivity contribution >= 4 is 17.4 Å². The van der Waals surface area contributed by atoms with E-state index >= 15 is 0 Å². The van der Waals surface area contributed by atoms with Crippen molar-refractivity contribution in [2.24, 2.45) is 0 Å². The van der Waals surface area contributed by atoms with Gasteiger partial charge in [0.1, 0.15) is 0 Å². The van der Waals surface area contributed by atoms with E-state index in [0.29, 0.717) is 30.2 Å². The third-order valence-corrected chi connectivity index (χ3v) is 2.18. The zero-order valence-electron chi connectivity index (χ0n) is 9.59. The maximum Gasteiger partial charge on any atom is 0.319 e. The SMILES string of the molecule is Nc1cccc(NC(=O)NCCc2ncno2)c1. The molecule has 1 aromatic heterocycles. The lowest BCUT2D eigenvalue weighted by molar-refractivity contribution is 0.252. The first-order chi connectivity index (χ1) is 8.74. The Morgan fingerprint density at radius 1 is 1.44 bits per heavy atom. The summed E-state index contributed by atoms with van der Waals surface area (Å²) in [5, 5.41) is 8.81. The maximum absolute atomic E-state index is 11.5. The normalized spacial score (nSPS) is 10.0. The Hall–Kier alpha value is -2.57. The molecule has 2 amide bonds. The van der Waals surface area contributed by atoms with Gasteiger partial charge in [-0.3, -0.25) is 0 Å². The predicted molar refractivity (Wildman–Crippen MR) is 65.9 cm³/mol. The molecular formula is C11H13N5O2. The molecule has 1 aromatic carbocycles. The first kappa shape index (κ1) is 11.9. The number of nitrogens with one attached hydrogen (secondary N) is 2. The fraction of sp³-hybridized carbons (Fsp3) is 0.182. The highest BCUT2D eigenvalue weighted by molar-refractivity contribution is 5.89. The van der Waals surface area contributed by atoms with Gasteiger partial charge in [0.05, 0.1) is 0 Å². The van der Waals surface area contributed by atoms with Crippen LogP contribution in [-0.4, -0.2) is 22.7 Å². The Bertz CT molecular complexity index is 512. The summed E-state index contributed by atoms with van der Waals surface area (Å²) in [6.07, 6.45) is 1.81. The molecule has 1 heterocycles. The molecule has 0 aliphatic rings. The lowest BCUT2D eigenvalue weighted by Crippen LogP contribution is -2.30. The van der Waals surface area contributed by atoms with E-state index in [9.17, 15) is 4.79 Å². The standard InChI is InChI=1S/C11H13N5O2/c12-8-2-1-3-9(6-8)16-11(17)13-5-4-10-14-7-15-18-10/h1-3,6-7H,4-5,12H2,(H2,13,16,17). The van der Waals surface area contributed by atoms with Crippen LogP contribution < -0.4 is 16.4 Å². The zero-order valence-corrected chi connectivity index (χ0v) is 9.59. The van der Waals surface area contributed by atoms with Crippen molar-refractivity contribution in [1.29, 1.82) is 0 Å². The van der Waals surface area contributed by atoms with Crippen LogP contribution in [0.3, 0.4) is 0 Å². The van der Waals surface area contributed by atoms with Crippen molar-refractivity contribution in [1.82, 2.24) is 15.5 Å². The van der Waals surface area contributed by atoms with Gasteiger partial charge in [-0.05, 0) is 18.2 Å². The number of aromatic nitrogens is 2. The highest BCUT2D eigenvalue weighted by Crippen LogP contribution is 2.11. The number of nitrogens with two attached hydrogens (primary N) is 1. The molecule has 0 saturated heterocycles. The minimum Gasteiger partial charge on any atom is -0.399 e. The predicted octanol–water partition coefficient (Wildman–Crippen LogP) is 1.02. The Morgan fingerprint density at radius 3 is 3.06 bits per heavy atom. The Kier molecular flexibility index (Phi) is 3.75. The van der Waals surface area contributed by atoms with Crippen molar-refractivity contribution in [3.8, 4) is 0 Å². The van der Waals surface area contributed by atoms with E-state index in [4.69, 9.17) is 10.3 Å². The number of nitrogen functional groups attached to an aromatic ring is 1. The van der Waals surface area contributed by atoms with Crippen LogP contribution in [-0.2, 0) is 6.42 Å². The fourth-order valence-electron chi connectivity index (χ4n) is 1.38. The number of nitrogens with zero attached hydrogens (tertiary/aromatic N) is 2. The second-order valence-corrected chi connectivity index (χ2v) is 3.59. The maximum atomic E-state index is 11.5. The largest absolute Gasteiger partial charge is 0.399 e. The van der Waals surface area contributed by atoms with Crippen LogP contribution in [0.4, 0.5) is 16.2 Å². The monoisotopic (exact) mass is 247 g/mol. The number of rotatable bonds is 4. The van der Waals surface area contributed by atoms with Crippen LogP contribution in [0.15, 0.2) is 35.1 Å². The van der Waals surface area contributed by atoms with E-state index in [2.05, 4.69) is 20.8 Å². The molecule has 7 heteroatoms. The van der Waals surface area contributed by atoms with E-state index < -0.39 is 0 Å². The molecule has 0 saturated carbocycles. The van der Waals surface area contributed by atoms with Crippen LogP contribution in [0.2, 0.25) is 0 Å². The van der Waals surface area contributed by atoms with Crippen LogP contribution >= 0.6 is 0 Å². The van der Waals surface area contributed by atoms with Crippen LogP contribution in [0.1, 0.15) is 5.89 Å². The summed E-state index contributed by atoms with van der Waals surface area (Å²) < 4.78 is 4.80. The van der Waals surface area contributed by atoms with Crippen LogP contribution in [0.25, 0.3) is 0 Å². The highest BCUT2D eigenvalue weighted by atomic mass is 16.5. The van der Waals surface area contributed by atoms with Gasteiger partial charge in [0.15, 0.2) is 6.33 Å². The quantitative estimate of drug-likeness (QED) is 0.699. The van der Waals surface area contributed by atoms with Gasteiger partial charge in [0.2, 0.25) is 5.89 Å². The van der Waals surface area contributed by atoms with E-state index in [1.54, 1.807) is 24.3 Å². The molecule has 0 aliphatic carbocycles. The molecule has 0 aliphatic heterocycles. The minimum absolute atomic E-state index is 0.305. The summed E-state index contributed by atoms with van der Waals surface area (Å²) >= 11 is 0. The molecule has 0 unspecified atom stereocenters. The number of hydrogen-bond donors (Lipinski definition) is 3. The summed E-state index contributed by atoms with van der Waals surface area (Å²) in [5.74, 6) is 0.485. The fourth-order valence-corrected chi connectivity index (χ4v) is 1.38. The lowest BCUT2D eigenvalue weighted by atomic mass is 10.3. The van der Waals surface area contributed by atoms with Crippen molar-refractivity contribution in [3.05, 3.63) is 36.5 Å². The molecule has 2 aromatic rings. The molecule has 4 N–H and O–H groups in total. The topological polar surface area (TPSA) is 106 Å². The molecule has 0 atom stereocenters. The van der Waals surface area contributed by atoms with Gasteiger partial charge in [0, 0.05) is 24.3 Å². The van der Waals surface area contributed by atoms with Gasteiger partial charge in [-0.1, -0.05) is 11.2 Å². The van der Waals surface area contributed by atoms with Crippen molar-refractivity contribution in [3.63, 3.8) is 0 Å². The van der Waals surface area contributed by atoms with E-state index in [-0.39, 0.29) is 6.03 Å². The van der Waals surface area contributed by atoms with Gasteiger partial charge in [-0.15, -0.1) is 0 Å². The molecule has 2 rings (SSSR count). The van der Waals surface area contributed by atoms with Gasteiger partial charge in [-0.25, -0.2) is 4.79 Å². The van der Waals surface area contributed by atoms with E-state index in [0.717, 1.165) is 0 Å². The summed E-state index contributed by atoms with van der Waals surface area (Å²) in [6.45, 7) is 0.413. The lowest BCUT2D eigenvalue weighted by Gasteiger charge is -2.06. The number of amides is 2. The molecule has 7 nitrogen and oxygen atoms in total. The first-order valence-corrected chi connectivity index (χ1v) is 5.40. The number of carbonyl (C=O) groups excluding carboxylic acids is 1. The average molecular weight is 247 g/mol. The number of benzene rings is 1. The van der Waals surface area contributed by atoms with Gasteiger partial charge < -0.3 is 20.9 Å². The highest BCUT2D eigenvalue weighted by Gasteiger charge is 2.03. The summed E-state index contributed by atoms with van der Waals surface area (Å²) in [5.41, 5.74) is 6.84. The third kappa shape index (κ3) is 3.48. The van der Waals surface area contributed by atoms with Crippen molar-refractivity contribution in [2.45, 2.75) is 6.42 Å². The van der Waals surface area contributed by atoms with Gasteiger partial charge >= 0.3 is 6.03 Å².